The van der Waals surface area contributed by atoms with Gasteiger partial charge in [-0.3, -0.25) is 0 Å². The SMILES string of the molecule is COc1ccc(C(N)c2nnc(C)o2)cc1O. The quantitative estimate of drug-likeness (QED) is 0.828. The van der Waals surface area contributed by atoms with Crippen LogP contribution in [-0.4, -0.2) is 22.4 Å². The van der Waals surface area contributed by atoms with Gasteiger partial charge < -0.3 is 20.0 Å². The van der Waals surface area contributed by atoms with Gasteiger partial charge in [-0.1, -0.05) is 6.07 Å². The first-order chi connectivity index (χ1) is 8.11. The maximum absolute atomic E-state index is 9.65. The van der Waals surface area contributed by atoms with Crippen LogP contribution in [0.15, 0.2) is 22.6 Å². The Morgan fingerprint density at radius 1 is 1.41 bits per heavy atom. The maximum Gasteiger partial charge on any atom is 0.237 e. The minimum Gasteiger partial charge on any atom is -0.504 e. The first-order valence-corrected chi connectivity index (χ1v) is 5.04. The van der Waals surface area contributed by atoms with Gasteiger partial charge in [0.2, 0.25) is 11.8 Å². The van der Waals surface area contributed by atoms with Crippen molar-refractivity contribution in [3.63, 3.8) is 0 Å². The summed E-state index contributed by atoms with van der Waals surface area (Å²) < 4.78 is 10.2. The fraction of sp³-hybridized carbons (Fsp3) is 0.273. The molecule has 0 bridgehead atoms. The Morgan fingerprint density at radius 2 is 2.18 bits per heavy atom. The molecule has 1 heterocycles. The van der Waals surface area contributed by atoms with E-state index in [0.717, 1.165) is 0 Å². The van der Waals surface area contributed by atoms with Gasteiger partial charge in [0.1, 0.15) is 6.04 Å². The van der Waals surface area contributed by atoms with Gasteiger partial charge in [0.25, 0.3) is 0 Å². The number of hydrogen-bond donors (Lipinski definition) is 2. The van der Waals surface area contributed by atoms with Gasteiger partial charge in [0, 0.05) is 6.92 Å². The Labute approximate surface area is 98.0 Å². The van der Waals surface area contributed by atoms with E-state index in [0.29, 0.717) is 23.1 Å². The number of rotatable bonds is 3. The lowest BCUT2D eigenvalue weighted by Gasteiger charge is -2.09. The highest BCUT2D eigenvalue weighted by Gasteiger charge is 2.16. The van der Waals surface area contributed by atoms with Crippen molar-refractivity contribution in [2.75, 3.05) is 7.11 Å². The number of aromatic hydroxyl groups is 1. The minimum atomic E-state index is -0.562. The highest BCUT2D eigenvalue weighted by Crippen LogP contribution is 2.29. The molecule has 1 aromatic carbocycles. The monoisotopic (exact) mass is 235 g/mol. The van der Waals surface area contributed by atoms with Crippen molar-refractivity contribution in [1.29, 1.82) is 0 Å². The van der Waals surface area contributed by atoms with Crippen LogP contribution in [0.4, 0.5) is 0 Å². The van der Waals surface area contributed by atoms with Crippen molar-refractivity contribution < 1.29 is 14.3 Å². The Morgan fingerprint density at radius 3 is 2.71 bits per heavy atom. The number of nitrogens with two attached hydrogens (primary N) is 1. The third-order valence-electron chi connectivity index (χ3n) is 2.37. The molecule has 0 aliphatic heterocycles. The van der Waals surface area contributed by atoms with Gasteiger partial charge in [-0.05, 0) is 17.7 Å². The number of aryl methyl sites for hydroxylation is 1. The Hall–Kier alpha value is -2.08. The molecule has 1 unspecified atom stereocenters. The summed E-state index contributed by atoms with van der Waals surface area (Å²) in [6.45, 7) is 1.69. The molecule has 0 radical (unpaired) electrons. The Balaban J connectivity index is 2.31. The lowest BCUT2D eigenvalue weighted by atomic mass is 10.1. The van der Waals surface area contributed by atoms with Crippen molar-refractivity contribution in [2.24, 2.45) is 5.73 Å². The number of nitrogens with zero attached hydrogens (tertiary/aromatic N) is 2. The van der Waals surface area contributed by atoms with Crippen molar-refractivity contribution >= 4 is 0 Å². The van der Waals surface area contributed by atoms with Crippen LogP contribution in [0.2, 0.25) is 0 Å². The first kappa shape index (κ1) is 11.4. The van der Waals surface area contributed by atoms with Crippen LogP contribution in [0.5, 0.6) is 11.5 Å². The fourth-order valence-electron chi connectivity index (χ4n) is 1.48. The zero-order valence-electron chi connectivity index (χ0n) is 9.54. The fourth-order valence-corrected chi connectivity index (χ4v) is 1.48. The highest BCUT2D eigenvalue weighted by molar-refractivity contribution is 5.43. The topological polar surface area (TPSA) is 94.4 Å². The standard InChI is InChI=1S/C11H13N3O3/c1-6-13-14-11(17-6)10(12)7-3-4-9(16-2)8(15)5-7/h3-5,10,15H,12H2,1-2H3. The lowest BCUT2D eigenvalue weighted by Crippen LogP contribution is -2.12. The number of phenolic OH excluding ortho intramolecular Hbond substituents is 1. The second kappa shape index (κ2) is 4.42. The van der Waals surface area contributed by atoms with E-state index in [1.54, 1.807) is 19.1 Å². The Bertz CT molecular complexity index is 524. The molecule has 90 valence electrons. The lowest BCUT2D eigenvalue weighted by molar-refractivity contribution is 0.372. The number of hydrogen-bond acceptors (Lipinski definition) is 6. The molecule has 0 saturated heterocycles. The third kappa shape index (κ3) is 2.21. The van der Waals surface area contributed by atoms with Crippen molar-refractivity contribution in [1.82, 2.24) is 10.2 Å². The average Bonchev–Trinajstić information content (AvgIpc) is 2.75. The smallest absolute Gasteiger partial charge is 0.237 e. The zero-order chi connectivity index (χ0) is 12.4. The summed E-state index contributed by atoms with van der Waals surface area (Å²) in [7, 11) is 1.48. The highest BCUT2D eigenvalue weighted by atomic mass is 16.5. The summed E-state index contributed by atoms with van der Waals surface area (Å²) in [5.41, 5.74) is 6.61. The number of ether oxygens (including phenoxy) is 1. The molecule has 1 atom stereocenters. The van der Waals surface area contributed by atoms with Gasteiger partial charge in [-0.25, -0.2) is 0 Å². The maximum atomic E-state index is 9.65. The molecule has 0 fully saturated rings. The molecular weight excluding hydrogens is 222 g/mol. The molecule has 0 aliphatic carbocycles. The normalized spacial score (nSPS) is 12.4. The number of aromatic nitrogens is 2. The van der Waals surface area contributed by atoms with Gasteiger partial charge >= 0.3 is 0 Å². The molecule has 0 aliphatic rings. The summed E-state index contributed by atoms with van der Waals surface area (Å²) in [5.74, 6) is 1.18. The van der Waals surface area contributed by atoms with Crippen LogP contribution >= 0.6 is 0 Å². The molecule has 3 N–H and O–H groups in total. The number of phenols is 1. The van der Waals surface area contributed by atoms with Gasteiger partial charge in [-0.15, -0.1) is 10.2 Å². The molecular formula is C11H13N3O3. The van der Waals surface area contributed by atoms with Crippen molar-refractivity contribution in [3.05, 3.63) is 35.5 Å². The van der Waals surface area contributed by atoms with Crippen LogP contribution < -0.4 is 10.5 Å². The second-order valence-electron chi connectivity index (χ2n) is 3.57. The van der Waals surface area contributed by atoms with E-state index < -0.39 is 6.04 Å². The number of methoxy groups -OCH3 is 1. The molecule has 17 heavy (non-hydrogen) atoms. The number of benzene rings is 1. The van der Waals surface area contributed by atoms with E-state index >= 15 is 0 Å². The third-order valence-corrected chi connectivity index (χ3v) is 2.37. The van der Waals surface area contributed by atoms with E-state index in [9.17, 15) is 5.11 Å². The molecule has 6 heteroatoms. The summed E-state index contributed by atoms with van der Waals surface area (Å²) in [5, 5.41) is 17.2. The van der Waals surface area contributed by atoms with Crippen LogP contribution in [0.3, 0.4) is 0 Å². The van der Waals surface area contributed by atoms with E-state index in [2.05, 4.69) is 10.2 Å². The predicted octanol–water partition coefficient (Wildman–Crippen LogP) is 1.14. The van der Waals surface area contributed by atoms with Crippen LogP contribution in [0, 0.1) is 6.92 Å². The Kier molecular flexibility index (Phi) is 2.97. The molecule has 2 aromatic rings. The second-order valence-corrected chi connectivity index (χ2v) is 3.57. The minimum absolute atomic E-state index is 0.0247. The average molecular weight is 235 g/mol. The molecule has 0 saturated carbocycles. The van der Waals surface area contributed by atoms with E-state index in [1.807, 2.05) is 0 Å². The van der Waals surface area contributed by atoms with E-state index in [-0.39, 0.29) is 5.75 Å². The zero-order valence-corrected chi connectivity index (χ0v) is 9.54. The summed E-state index contributed by atoms with van der Waals surface area (Å²) in [6, 6.07) is 4.33. The summed E-state index contributed by atoms with van der Waals surface area (Å²) >= 11 is 0. The van der Waals surface area contributed by atoms with Gasteiger partial charge in [0.05, 0.1) is 7.11 Å². The van der Waals surface area contributed by atoms with Crippen molar-refractivity contribution in [2.45, 2.75) is 13.0 Å². The summed E-state index contributed by atoms with van der Waals surface area (Å²) in [4.78, 5) is 0. The van der Waals surface area contributed by atoms with Crippen molar-refractivity contribution in [3.8, 4) is 11.5 Å². The molecule has 1 aromatic heterocycles. The van der Waals surface area contributed by atoms with Gasteiger partial charge in [-0.2, -0.15) is 0 Å². The van der Waals surface area contributed by atoms with Crippen LogP contribution in [0.1, 0.15) is 23.4 Å². The molecule has 0 amide bonds. The summed E-state index contributed by atoms with van der Waals surface area (Å²) in [6.07, 6.45) is 0. The first-order valence-electron chi connectivity index (χ1n) is 5.04. The van der Waals surface area contributed by atoms with Crippen LogP contribution in [0.25, 0.3) is 0 Å². The van der Waals surface area contributed by atoms with Gasteiger partial charge in [0.15, 0.2) is 11.5 Å². The molecule has 2 rings (SSSR count). The largest absolute Gasteiger partial charge is 0.504 e. The van der Waals surface area contributed by atoms with E-state index in [4.69, 9.17) is 14.9 Å². The van der Waals surface area contributed by atoms with Crippen LogP contribution in [-0.2, 0) is 0 Å². The predicted molar refractivity (Wildman–Crippen MR) is 59.7 cm³/mol. The molecule has 6 nitrogen and oxygen atoms in total. The van der Waals surface area contributed by atoms with E-state index in [1.165, 1.54) is 13.2 Å². The molecule has 0 spiro atoms.